The van der Waals surface area contributed by atoms with E-state index in [9.17, 15) is 14.7 Å². The molecule has 1 aromatic heterocycles. The molecule has 132 valence electrons. The summed E-state index contributed by atoms with van der Waals surface area (Å²) in [6, 6.07) is 0. The van der Waals surface area contributed by atoms with E-state index < -0.39 is 11.2 Å². The second-order valence-corrected chi connectivity index (χ2v) is 6.29. The lowest BCUT2D eigenvalue weighted by Gasteiger charge is -2.12. The smallest absolute Gasteiger partial charge is 0.331 e. The van der Waals surface area contributed by atoms with Crippen LogP contribution in [0.5, 0.6) is 5.88 Å². The van der Waals surface area contributed by atoms with Crippen LogP contribution in [0.1, 0.15) is 64.4 Å². The SMILES string of the molecule is CCCCn1c(O)c(C(C)=NCCC2=CCCCC2)c(=O)[nH]c1=O. The zero-order chi connectivity index (χ0) is 17.5. The maximum atomic E-state index is 12.1. The number of hydrogen-bond acceptors (Lipinski definition) is 4. The average molecular weight is 333 g/mol. The molecular weight excluding hydrogens is 306 g/mol. The molecule has 0 saturated heterocycles. The van der Waals surface area contributed by atoms with Crippen molar-refractivity contribution in [2.75, 3.05) is 6.54 Å². The Balaban J connectivity index is 2.19. The Morgan fingerprint density at radius 3 is 2.83 bits per heavy atom. The van der Waals surface area contributed by atoms with Crippen molar-refractivity contribution in [3.05, 3.63) is 38.1 Å². The largest absolute Gasteiger partial charge is 0.494 e. The second-order valence-electron chi connectivity index (χ2n) is 6.29. The molecule has 6 heteroatoms. The van der Waals surface area contributed by atoms with Crippen LogP contribution in [0.4, 0.5) is 0 Å². The highest BCUT2D eigenvalue weighted by molar-refractivity contribution is 6.00. The van der Waals surface area contributed by atoms with Crippen LogP contribution in [0.15, 0.2) is 26.2 Å². The predicted octanol–water partition coefficient (Wildman–Crippen LogP) is 2.74. The zero-order valence-corrected chi connectivity index (χ0v) is 14.6. The molecule has 1 aliphatic rings. The molecule has 0 radical (unpaired) electrons. The van der Waals surface area contributed by atoms with Gasteiger partial charge in [0.1, 0.15) is 5.56 Å². The van der Waals surface area contributed by atoms with Crippen molar-refractivity contribution in [1.29, 1.82) is 0 Å². The molecule has 1 aliphatic carbocycles. The summed E-state index contributed by atoms with van der Waals surface area (Å²) in [6.45, 7) is 4.67. The molecule has 2 N–H and O–H groups in total. The van der Waals surface area contributed by atoms with Crippen molar-refractivity contribution in [2.45, 2.75) is 65.3 Å². The molecule has 2 rings (SSSR count). The van der Waals surface area contributed by atoms with Crippen molar-refractivity contribution < 1.29 is 5.11 Å². The van der Waals surface area contributed by atoms with Gasteiger partial charge in [-0.3, -0.25) is 19.3 Å². The Morgan fingerprint density at radius 2 is 2.17 bits per heavy atom. The molecule has 0 atom stereocenters. The number of allylic oxidation sites excluding steroid dienone is 1. The van der Waals surface area contributed by atoms with Gasteiger partial charge in [-0.25, -0.2) is 4.79 Å². The van der Waals surface area contributed by atoms with Gasteiger partial charge in [0, 0.05) is 18.8 Å². The molecule has 1 heterocycles. The van der Waals surface area contributed by atoms with E-state index in [-0.39, 0.29) is 11.4 Å². The van der Waals surface area contributed by atoms with Gasteiger partial charge in [-0.15, -0.1) is 0 Å². The normalized spacial score (nSPS) is 15.4. The minimum atomic E-state index is -0.580. The van der Waals surface area contributed by atoms with Crippen molar-refractivity contribution in [2.24, 2.45) is 4.99 Å². The van der Waals surface area contributed by atoms with Gasteiger partial charge in [-0.1, -0.05) is 25.0 Å². The molecule has 0 saturated carbocycles. The summed E-state index contributed by atoms with van der Waals surface area (Å²) in [7, 11) is 0. The number of aromatic nitrogens is 2. The third kappa shape index (κ3) is 4.46. The fraction of sp³-hybridized carbons (Fsp3) is 0.611. The summed E-state index contributed by atoms with van der Waals surface area (Å²) in [6.07, 6.45) is 9.57. The maximum absolute atomic E-state index is 12.1. The molecule has 24 heavy (non-hydrogen) atoms. The van der Waals surface area contributed by atoms with Crippen LogP contribution in [0.25, 0.3) is 0 Å². The van der Waals surface area contributed by atoms with Crippen molar-refractivity contribution in [3.8, 4) is 5.88 Å². The Bertz CT molecular complexity index is 741. The van der Waals surface area contributed by atoms with Crippen molar-refractivity contribution in [1.82, 2.24) is 9.55 Å². The van der Waals surface area contributed by atoms with Crippen LogP contribution in [-0.4, -0.2) is 26.9 Å². The number of unbranched alkanes of at least 4 members (excludes halogenated alkanes) is 1. The van der Waals surface area contributed by atoms with Gasteiger partial charge in [-0.2, -0.15) is 0 Å². The van der Waals surface area contributed by atoms with Crippen LogP contribution in [0.3, 0.4) is 0 Å². The zero-order valence-electron chi connectivity index (χ0n) is 14.6. The van der Waals surface area contributed by atoms with Crippen molar-refractivity contribution >= 4 is 5.71 Å². The number of H-pyrrole nitrogens is 1. The van der Waals surface area contributed by atoms with E-state index in [0.29, 0.717) is 18.8 Å². The van der Waals surface area contributed by atoms with Gasteiger partial charge < -0.3 is 5.11 Å². The highest BCUT2D eigenvalue weighted by Crippen LogP contribution is 2.20. The van der Waals surface area contributed by atoms with Gasteiger partial charge in [-0.05, 0) is 45.4 Å². The number of aromatic amines is 1. The summed E-state index contributed by atoms with van der Waals surface area (Å²) < 4.78 is 1.21. The first kappa shape index (κ1) is 18.2. The van der Waals surface area contributed by atoms with Gasteiger partial charge in [0.2, 0.25) is 5.88 Å². The molecule has 0 spiro atoms. The van der Waals surface area contributed by atoms with Gasteiger partial charge in [0.25, 0.3) is 5.56 Å². The number of aliphatic imine (C=N–C) groups is 1. The number of aromatic hydroxyl groups is 1. The summed E-state index contributed by atoms with van der Waals surface area (Å²) in [4.78, 5) is 30.7. The van der Waals surface area contributed by atoms with Crippen LogP contribution >= 0.6 is 0 Å². The molecule has 0 fully saturated rings. The molecule has 0 amide bonds. The minimum absolute atomic E-state index is 0.100. The predicted molar refractivity (Wildman–Crippen MR) is 96.1 cm³/mol. The van der Waals surface area contributed by atoms with Crippen LogP contribution < -0.4 is 11.2 Å². The van der Waals surface area contributed by atoms with Gasteiger partial charge in [0.05, 0.1) is 0 Å². The highest BCUT2D eigenvalue weighted by Gasteiger charge is 2.16. The number of nitrogens with zero attached hydrogens (tertiary/aromatic N) is 2. The number of hydrogen-bond donors (Lipinski definition) is 2. The minimum Gasteiger partial charge on any atom is -0.494 e. The quantitative estimate of drug-likeness (QED) is 0.594. The molecule has 0 unspecified atom stereocenters. The van der Waals surface area contributed by atoms with E-state index in [0.717, 1.165) is 32.1 Å². The molecule has 1 aromatic rings. The maximum Gasteiger partial charge on any atom is 0.331 e. The third-order valence-corrected chi connectivity index (χ3v) is 4.44. The van der Waals surface area contributed by atoms with Crippen molar-refractivity contribution in [3.63, 3.8) is 0 Å². The van der Waals surface area contributed by atoms with E-state index in [4.69, 9.17) is 0 Å². The number of nitrogens with one attached hydrogen (secondary N) is 1. The third-order valence-electron chi connectivity index (χ3n) is 4.44. The van der Waals surface area contributed by atoms with E-state index in [2.05, 4.69) is 16.1 Å². The van der Waals surface area contributed by atoms with E-state index in [1.165, 1.54) is 23.0 Å². The monoisotopic (exact) mass is 333 g/mol. The Kier molecular flexibility index (Phi) is 6.58. The first-order chi connectivity index (χ1) is 11.5. The summed E-state index contributed by atoms with van der Waals surface area (Å²) in [5.41, 5.74) is 0.834. The lowest BCUT2D eigenvalue weighted by atomic mass is 9.97. The van der Waals surface area contributed by atoms with Gasteiger partial charge in [0.15, 0.2) is 0 Å². The molecule has 0 aliphatic heterocycles. The fourth-order valence-electron chi connectivity index (χ4n) is 2.99. The van der Waals surface area contributed by atoms with Crippen LogP contribution in [0.2, 0.25) is 0 Å². The van der Waals surface area contributed by atoms with E-state index in [1.54, 1.807) is 6.92 Å². The number of rotatable bonds is 7. The summed E-state index contributed by atoms with van der Waals surface area (Å²) in [5.74, 6) is -0.282. The topological polar surface area (TPSA) is 87.4 Å². The van der Waals surface area contributed by atoms with Gasteiger partial charge >= 0.3 is 5.69 Å². The van der Waals surface area contributed by atoms with E-state index in [1.807, 2.05) is 6.92 Å². The first-order valence-electron chi connectivity index (χ1n) is 8.80. The lowest BCUT2D eigenvalue weighted by Crippen LogP contribution is -2.33. The van der Waals surface area contributed by atoms with Crippen LogP contribution in [0, 0.1) is 0 Å². The lowest BCUT2D eigenvalue weighted by molar-refractivity contribution is 0.394. The second kappa shape index (κ2) is 8.66. The Morgan fingerprint density at radius 1 is 1.38 bits per heavy atom. The summed E-state index contributed by atoms with van der Waals surface area (Å²) >= 11 is 0. The molecule has 0 bridgehead atoms. The average Bonchev–Trinajstić information content (AvgIpc) is 2.55. The van der Waals surface area contributed by atoms with E-state index >= 15 is 0 Å². The summed E-state index contributed by atoms with van der Waals surface area (Å²) in [5, 5.41) is 10.3. The Labute approximate surface area is 142 Å². The molecule has 0 aromatic carbocycles. The van der Waals surface area contributed by atoms with Crippen LogP contribution in [-0.2, 0) is 6.54 Å². The molecule has 6 nitrogen and oxygen atoms in total. The molecular formula is C18H27N3O3. The standard InChI is InChI=1S/C18H27N3O3/c1-3-4-12-21-17(23)15(16(22)20-18(21)24)13(2)19-11-10-14-8-6-5-7-9-14/h8,23H,3-7,9-12H2,1-2H3,(H,20,22,24). The highest BCUT2D eigenvalue weighted by atomic mass is 16.3. The fourth-order valence-corrected chi connectivity index (χ4v) is 2.99. The Hall–Kier alpha value is -2.11. The first-order valence-corrected chi connectivity index (χ1v) is 8.80.